The summed E-state index contributed by atoms with van der Waals surface area (Å²) in [7, 11) is 0. The van der Waals surface area contributed by atoms with Crippen molar-refractivity contribution in [1.82, 2.24) is 0 Å². The lowest BCUT2D eigenvalue weighted by Crippen LogP contribution is -2.13. The smallest absolute Gasteiger partial charge is 0.339 e. The molecule has 2 rings (SSSR count). The fraction of sp³-hybridized carbons (Fsp3) is 0.417. The number of halogens is 1. The van der Waals surface area contributed by atoms with Crippen molar-refractivity contribution in [2.24, 2.45) is 5.92 Å². The first kappa shape index (κ1) is 12.4. The number of benzene rings is 1. The number of carboxylic acids is 1. The molecule has 1 aromatic carbocycles. The van der Waals surface area contributed by atoms with Crippen LogP contribution in [0.2, 0.25) is 0 Å². The van der Waals surface area contributed by atoms with Gasteiger partial charge in [0.1, 0.15) is 11.3 Å². The van der Waals surface area contributed by atoms with Gasteiger partial charge >= 0.3 is 5.97 Å². The van der Waals surface area contributed by atoms with E-state index in [9.17, 15) is 4.79 Å². The average Bonchev–Trinajstić information content (AvgIpc) is 2.80. The summed E-state index contributed by atoms with van der Waals surface area (Å²) in [6.07, 6.45) is 0.965. The zero-order valence-electron chi connectivity index (χ0n) is 9.19. The van der Waals surface area contributed by atoms with E-state index in [0.717, 1.165) is 13.0 Å². The van der Waals surface area contributed by atoms with Gasteiger partial charge in [-0.2, -0.15) is 0 Å². The maximum atomic E-state index is 11.0. The Hall–Kier alpha value is -1.07. The maximum Gasteiger partial charge on any atom is 0.339 e. The minimum atomic E-state index is -0.982. The van der Waals surface area contributed by atoms with Crippen LogP contribution >= 0.6 is 15.9 Å². The molecule has 1 saturated heterocycles. The van der Waals surface area contributed by atoms with Crippen molar-refractivity contribution in [3.8, 4) is 5.75 Å². The first-order valence-corrected chi connectivity index (χ1v) is 6.20. The Labute approximate surface area is 108 Å². The predicted octanol–water partition coefficient (Wildman–Crippen LogP) is 2.56. The van der Waals surface area contributed by atoms with Gasteiger partial charge in [0, 0.05) is 12.5 Å². The fourth-order valence-corrected chi connectivity index (χ4v) is 2.22. The zero-order valence-corrected chi connectivity index (χ0v) is 10.8. The molecule has 1 N–H and O–H groups in total. The molecule has 0 spiro atoms. The number of carbonyl (C=O) groups is 1. The summed E-state index contributed by atoms with van der Waals surface area (Å²) >= 11 is 3.31. The molecular weight excluding hydrogens is 288 g/mol. The van der Waals surface area contributed by atoms with Crippen molar-refractivity contribution in [3.63, 3.8) is 0 Å². The summed E-state index contributed by atoms with van der Waals surface area (Å²) in [5, 5.41) is 9.06. The highest BCUT2D eigenvalue weighted by molar-refractivity contribution is 9.10. The van der Waals surface area contributed by atoms with Gasteiger partial charge in [0.15, 0.2) is 0 Å². The number of hydrogen-bond donors (Lipinski definition) is 1. The van der Waals surface area contributed by atoms with Crippen LogP contribution in [0.15, 0.2) is 22.7 Å². The second-order valence-electron chi connectivity index (χ2n) is 3.96. The van der Waals surface area contributed by atoms with Crippen molar-refractivity contribution in [1.29, 1.82) is 0 Å². The monoisotopic (exact) mass is 300 g/mol. The molecule has 1 aromatic rings. The first-order chi connectivity index (χ1) is 8.18. The normalized spacial score (nSPS) is 19.2. The lowest BCUT2D eigenvalue weighted by molar-refractivity contribution is 0.0691. The molecule has 5 heteroatoms. The summed E-state index contributed by atoms with van der Waals surface area (Å²) in [5.41, 5.74) is 0.179. The standard InChI is InChI=1S/C12H13BrO4/c13-10-3-1-2-9(12(14)15)11(10)17-7-8-4-5-16-6-8/h1-3,8H,4-7H2,(H,14,15). The number of hydrogen-bond acceptors (Lipinski definition) is 3. The first-order valence-electron chi connectivity index (χ1n) is 5.41. The van der Waals surface area contributed by atoms with Gasteiger partial charge in [-0.05, 0) is 34.5 Å². The number of para-hydroxylation sites is 1. The number of carboxylic acid groups (broad SMARTS) is 1. The topological polar surface area (TPSA) is 55.8 Å². The average molecular weight is 301 g/mol. The molecule has 0 aromatic heterocycles. The Morgan fingerprint density at radius 1 is 1.59 bits per heavy atom. The molecule has 0 radical (unpaired) electrons. The molecule has 1 aliphatic heterocycles. The fourth-order valence-electron chi connectivity index (χ4n) is 1.74. The van der Waals surface area contributed by atoms with E-state index in [1.165, 1.54) is 6.07 Å². The number of aromatic carboxylic acids is 1. The zero-order chi connectivity index (χ0) is 12.3. The van der Waals surface area contributed by atoms with E-state index < -0.39 is 5.97 Å². The van der Waals surface area contributed by atoms with E-state index in [1.54, 1.807) is 12.1 Å². The third kappa shape index (κ3) is 2.98. The van der Waals surface area contributed by atoms with E-state index in [1.807, 2.05) is 0 Å². The van der Waals surface area contributed by atoms with Crippen LogP contribution in [0.5, 0.6) is 5.75 Å². The van der Waals surface area contributed by atoms with E-state index in [-0.39, 0.29) is 5.56 Å². The van der Waals surface area contributed by atoms with Crippen LogP contribution in [0.3, 0.4) is 0 Å². The van der Waals surface area contributed by atoms with Gasteiger partial charge in [0.05, 0.1) is 17.7 Å². The van der Waals surface area contributed by atoms with Crippen LogP contribution in [0, 0.1) is 5.92 Å². The second kappa shape index (κ2) is 5.51. The summed E-state index contributed by atoms with van der Waals surface area (Å²) in [6.45, 7) is 1.94. The minimum Gasteiger partial charge on any atom is -0.491 e. The summed E-state index contributed by atoms with van der Waals surface area (Å²) in [6, 6.07) is 4.99. The van der Waals surface area contributed by atoms with Crippen LogP contribution in [0.25, 0.3) is 0 Å². The van der Waals surface area contributed by atoms with Gasteiger partial charge in [-0.1, -0.05) is 6.07 Å². The van der Waals surface area contributed by atoms with Gasteiger partial charge in [0.25, 0.3) is 0 Å². The van der Waals surface area contributed by atoms with Gasteiger partial charge in [-0.25, -0.2) is 4.79 Å². The van der Waals surface area contributed by atoms with Gasteiger partial charge in [-0.15, -0.1) is 0 Å². The second-order valence-corrected chi connectivity index (χ2v) is 4.82. The third-order valence-corrected chi connectivity index (χ3v) is 3.31. The summed E-state index contributed by atoms with van der Waals surface area (Å²) in [4.78, 5) is 11.0. The molecule has 0 bridgehead atoms. The molecule has 1 atom stereocenters. The third-order valence-electron chi connectivity index (χ3n) is 2.68. The minimum absolute atomic E-state index is 0.179. The number of ether oxygens (including phenoxy) is 2. The van der Waals surface area contributed by atoms with E-state index in [2.05, 4.69) is 15.9 Å². The summed E-state index contributed by atoms with van der Waals surface area (Å²) < 4.78 is 11.5. The molecule has 1 unspecified atom stereocenters. The Kier molecular flexibility index (Phi) is 4.02. The highest BCUT2D eigenvalue weighted by atomic mass is 79.9. The Bertz CT molecular complexity index is 413. The molecule has 1 heterocycles. The van der Waals surface area contributed by atoms with Gasteiger partial charge in [-0.3, -0.25) is 0 Å². The van der Waals surface area contributed by atoms with Crippen LogP contribution < -0.4 is 4.74 Å². The maximum absolute atomic E-state index is 11.0. The quantitative estimate of drug-likeness (QED) is 0.928. The molecule has 0 aliphatic carbocycles. The van der Waals surface area contributed by atoms with Crippen LogP contribution in [-0.4, -0.2) is 30.9 Å². The van der Waals surface area contributed by atoms with Gasteiger partial charge < -0.3 is 14.6 Å². The summed E-state index contributed by atoms with van der Waals surface area (Å²) in [5.74, 6) is -0.236. The van der Waals surface area contributed by atoms with Crippen molar-refractivity contribution >= 4 is 21.9 Å². The highest BCUT2D eigenvalue weighted by Gasteiger charge is 2.19. The van der Waals surface area contributed by atoms with Crippen molar-refractivity contribution in [3.05, 3.63) is 28.2 Å². The van der Waals surface area contributed by atoms with E-state index in [4.69, 9.17) is 14.6 Å². The Morgan fingerprint density at radius 2 is 2.41 bits per heavy atom. The molecule has 1 fully saturated rings. The predicted molar refractivity (Wildman–Crippen MR) is 65.5 cm³/mol. The lowest BCUT2D eigenvalue weighted by Gasteiger charge is -2.13. The van der Waals surface area contributed by atoms with Gasteiger partial charge in [0.2, 0.25) is 0 Å². The molecule has 4 nitrogen and oxygen atoms in total. The van der Waals surface area contributed by atoms with Crippen LogP contribution in [0.4, 0.5) is 0 Å². The van der Waals surface area contributed by atoms with E-state index in [0.29, 0.717) is 29.4 Å². The molecule has 1 aliphatic rings. The van der Waals surface area contributed by atoms with Crippen molar-refractivity contribution in [2.75, 3.05) is 19.8 Å². The van der Waals surface area contributed by atoms with Crippen molar-refractivity contribution in [2.45, 2.75) is 6.42 Å². The van der Waals surface area contributed by atoms with Crippen molar-refractivity contribution < 1.29 is 19.4 Å². The molecule has 92 valence electrons. The largest absolute Gasteiger partial charge is 0.491 e. The molecule has 17 heavy (non-hydrogen) atoms. The molecular formula is C12H13BrO4. The highest BCUT2D eigenvalue weighted by Crippen LogP contribution is 2.30. The van der Waals surface area contributed by atoms with Crippen LogP contribution in [0.1, 0.15) is 16.8 Å². The Morgan fingerprint density at radius 3 is 3.06 bits per heavy atom. The lowest BCUT2D eigenvalue weighted by atomic mass is 10.1. The SMILES string of the molecule is O=C(O)c1cccc(Br)c1OCC1CCOC1. The van der Waals surface area contributed by atoms with Crippen LogP contribution in [-0.2, 0) is 4.74 Å². The molecule has 0 amide bonds. The van der Waals surface area contributed by atoms with E-state index >= 15 is 0 Å². The molecule has 0 saturated carbocycles. The number of rotatable bonds is 4. The Balaban J connectivity index is 2.10.